The fraction of sp³-hybridized carbons (Fsp3) is 0.0526. The lowest BCUT2D eigenvalue weighted by Crippen LogP contribution is -2.42. The molecule has 204 valence electrons. The Morgan fingerprint density at radius 2 is 0.976 bits per heavy atom. The number of hydrogen-bond donors (Lipinski definition) is 2. The predicted octanol–water partition coefficient (Wildman–Crippen LogP) is 8.68. The van der Waals surface area contributed by atoms with Crippen LogP contribution in [0.3, 0.4) is 0 Å². The van der Waals surface area contributed by atoms with Crippen LogP contribution in [0.25, 0.3) is 21.9 Å². The first-order valence-electron chi connectivity index (χ1n) is 14.0. The third-order valence-corrected chi connectivity index (χ3v) is 7.79. The maximum Gasteiger partial charge on any atom is 0.282 e. The van der Waals surface area contributed by atoms with Gasteiger partial charge in [0, 0.05) is 16.9 Å². The Kier molecular flexibility index (Phi) is 6.37. The van der Waals surface area contributed by atoms with Crippen molar-refractivity contribution in [2.45, 2.75) is 12.2 Å². The number of hydrogen-bond acceptors (Lipinski definition) is 4. The van der Waals surface area contributed by atoms with E-state index in [1.54, 1.807) is 0 Å². The Hall–Kier alpha value is -5.48. The van der Waals surface area contributed by atoms with E-state index in [0.717, 1.165) is 38.6 Å². The molecular weight excluding hydrogens is 516 g/mol. The minimum Gasteiger partial charge on any atom is -0.448 e. The molecule has 42 heavy (non-hydrogen) atoms. The van der Waals surface area contributed by atoms with Crippen LogP contribution in [-0.4, -0.2) is 0 Å². The molecule has 4 heteroatoms. The van der Waals surface area contributed by atoms with E-state index in [-0.39, 0.29) is 0 Å². The normalized spacial score (nSPS) is 13.9. The minimum atomic E-state index is -1.20. The van der Waals surface area contributed by atoms with Crippen molar-refractivity contribution in [2.75, 3.05) is 11.5 Å². The van der Waals surface area contributed by atoms with Gasteiger partial charge < -0.3 is 20.9 Å². The van der Waals surface area contributed by atoms with E-state index >= 15 is 0 Å². The molecule has 0 aliphatic heterocycles. The summed E-state index contributed by atoms with van der Waals surface area (Å²) in [4.78, 5) is 0. The van der Waals surface area contributed by atoms with Gasteiger partial charge in [-0.05, 0) is 99.3 Å². The van der Waals surface area contributed by atoms with Crippen LogP contribution in [-0.2, 0) is 5.79 Å². The van der Waals surface area contributed by atoms with E-state index in [1.165, 1.54) is 5.57 Å². The zero-order chi connectivity index (χ0) is 28.5. The molecule has 0 saturated heterocycles. The zero-order valence-corrected chi connectivity index (χ0v) is 23.0. The van der Waals surface area contributed by atoms with Crippen LogP contribution in [0, 0.1) is 0 Å². The number of benzene rings is 6. The van der Waals surface area contributed by atoms with Crippen molar-refractivity contribution >= 4 is 33.3 Å². The van der Waals surface area contributed by atoms with Gasteiger partial charge in [0.2, 0.25) is 0 Å². The van der Waals surface area contributed by atoms with E-state index in [4.69, 9.17) is 20.9 Å². The molecule has 0 saturated carbocycles. The van der Waals surface area contributed by atoms with Crippen LogP contribution >= 0.6 is 0 Å². The van der Waals surface area contributed by atoms with Gasteiger partial charge in [0.05, 0.1) is 6.42 Å². The van der Waals surface area contributed by atoms with Gasteiger partial charge in [-0.3, -0.25) is 0 Å². The van der Waals surface area contributed by atoms with Crippen LogP contribution in [0.15, 0.2) is 146 Å². The molecule has 0 unspecified atom stereocenters. The smallest absolute Gasteiger partial charge is 0.282 e. The predicted molar refractivity (Wildman–Crippen MR) is 172 cm³/mol. The summed E-state index contributed by atoms with van der Waals surface area (Å²) >= 11 is 0. The van der Waals surface area contributed by atoms with Gasteiger partial charge in [0.25, 0.3) is 5.79 Å². The Balaban J connectivity index is 1.55. The largest absolute Gasteiger partial charge is 0.448 e. The van der Waals surface area contributed by atoms with Crippen molar-refractivity contribution in [3.8, 4) is 11.5 Å². The first kappa shape index (κ1) is 25.5. The fourth-order valence-electron chi connectivity index (χ4n) is 5.82. The molecule has 4 nitrogen and oxygen atoms in total. The molecule has 0 fully saturated rings. The topological polar surface area (TPSA) is 70.5 Å². The SMILES string of the molecule is Nc1ccc(OC2(Oc3ccc(N)cc3)CC(c3ccccc3)=C(c3ccccc3)c3cc4ccccc4cc32)cc1. The lowest BCUT2D eigenvalue weighted by Gasteiger charge is -2.41. The highest BCUT2D eigenvalue weighted by molar-refractivity contribution is 6.04. The average Bonchev–Trinajstić information content (AvgIpc) is 3.03. The molecule has 0 atom stereocenters. The molecule has 0 radical (unpaired) electrons. The Morgan fingerprint density at radius 1 is 0.500 bits per heavy atom. The molecule has 0 amide bonds. The van der Waals surface area contributed by atoms with Crippen molar-refractivity contribution < 1.29 is 9.47 Å². The minimum absolute atomic E-state index is 0.460. The number of fused-ring (bicyclic) bond motifs is 2. The van der Waals surface area contributed by atoms with Gasteiger partial charge >= 0.3 is 0 Å². The Labute approximate surface area is 245 Å². The van der Waals surface area contributed by atoms with E-state index in [1.807, 2.05) is 54.6 Å². The number of rotatable bonds is 6. The molecule has 7 rings (SSSR count). The second kappa shape index (κ2) is 10.5. The Morgan fingerprint density at radius 3 is 1.52 bits per heavy atom. The molecule has 1 aliphatic carbocycles. The highest BCUT2D eigenvalue weighted by atomic mass is 16.7. The second-order valence-corrected chi connectivity index (χ2v) is 10.6. The van der Waals surface area contributed by atoms with Crippen LogP contribution in [0.2, 0.25) is 0 Å². The van der Waals surface area contributed by atoms with E-state index < -0.39 is 5.79 Å². The number of ether oxygens (including phenoxy) is 2. The lowest BCUT2D eigenvalue weighted by atomic mass is 9.75. The Bertz CT molecular complexity index is 1850. The van der Waals surface area contributed by atoms with Gasteiger partial charge in [-0.15, -0.1) is 0 Å². The summed E-state index contributed by atoms with van der Waals surface area (Å²) in [7, 11) is 0. The standard InChI is InChI=1S/C38H30N2O2/c39-30-15-19-32(20-16-30)41-38(42-33-21-17-31(40)18-22-33)25-35(26-9-3-1-4-10-26)37(27-11-5-2-6-12-27)34-23-28-13-7-8-14-29(28)24-36(34)38/h1-24H,25,39-40H2. The maximum absolute atomic E-state index is 7.00. The van der Waals surface area contributed by atoms with Crippen molar-refractivity contribution in [1.29, 1.82) is 0 Å². The van der Waals surface area contributed by atoms with E-state index in [0.29, 0.717) is 29.3 Å². The van der Waals surface area contributed by atoms with Crippen molar-refractivity contribution in [2.24, 2.45) is 0 Å². The van der Waals surface area contributed by atoms with E-state index in [9.17, 15) is 0 Å². The number of nitrogens with two attached hydrogens (primary N) is 2. The lowest BCUT2D eigenvalue weighted by molar-refractivity contribution is -0.118. The first-order chi connectivity index (χ1) is 20.6. The summed E-state index contributed by atoms with van der Waals surface area (Å²) in [5, 5.41) is 2.26. The van der Waals surface area contributed by atoms with Crippen LogP contribution in [0.1, 0.15) is 28.7 Å². The molecule has 0 spiro atoms. The molecular formula is C38H30N2O2. The molecule has 6 aromatic carbocycles. The van der Waals surface area contributed by atoms with Gasteiger partial charge in [0.1, 0.15) is 11.5 Å². The number of nitrogen functional groups attached to an aromatic ring is 2. The highest BCUT2D eigenvalue weighted by Crippen LogP contribution is 2.51. The summed E-state index contributed by atoms with van der Waals surface area (Å²) in [5.41, 5.74) is 20.0. The summed E-state index contributed by atoms with van der Waals surface area (Å²) in [5.74, 6) is 0.123. The van der Waals surface area contributed by atoms with Gasteiger partial charge in [-0.2, -0.15) is 0 Å². The number of anilines is 2. The third-order valence-electron chi connectivity index (χ3n) is 7.79. The fourth-order valence-corrected chi connectivity index (χ4v) is 5.82. The van der Waals surface area contributed by atoms with Gasteiger partial charge in [-0.25, -0.2) is 0 Å². The van der Waals surface area contributed by atoms with E-state index in [2.05, 4.69) is 91.0 Å². The molecule has 1 aliphatic rings. The molecule has 4 N–H and O–H groups in total. The van der Waals surface area contributed by atoms with Gasteiger partial charge in [-0.1, -0.05) is 84.9 Å². The van der Waals surface area contributed by atoms with Crippen LogP contribution in [0.4, 0.5) is 11.4 Å². The summed E-state index contributed by atoms with van der Waals surface area (Å²) in [6.45, 7) is 0. The van der Waals surface area contributed by atoms with Crippen LogP contribution in [0.5, 0.6) is 11.5 Å². The molecule has 0 heterocycles. The first-order valence-corrected chi connectivity index (χ1v) is 14.0. The zero-order valence-electron chi connectivity index (χ0n) is 23.0. The summed E-state index contributed by atoms with van der Waals surface area (Å²) < 4.78 is 14.0. The van der Waals surface area contributed by atoms with Crippen molar-refractivity contribution in [3.63, 3.8) is 0 Å². The average molecular weight is 547 g/mol. The summed E-state index contributed by atoms with van der Waals surface area (Å²) in [6, 6.07) is 48.9. The third kappa shape index (κ3) is 4.73. The highest BCUT2D eigenvalue weighted by Gasteiger charge is 2.45. The molecule has 0 bridgehead atoms. The molecule has 0 aromatic heterocycles. The molecule has 6 aromatic rings. The van der Waals surface area contributed by atoms with Crippen LogP contribution < -0.4 is 20.9 Å². The summed E-state index contributed by atoms with van der Waals surface area (Å²) in [6.07, 6.45) is 0.460. The monoisotopic (exact) mass is 546 g/mol. The maximum atomic E-state index is 7.00. The quantitative estimate of drug-likeness (QED) is 0.162. The van der Waals surface area contributed by atoms with Crippen molar-refractivity contribution in [3.05, 3.63) is 168 Å². The van der Waals surface area contributed by atoms with Crippen molar-refractivity contribution in [1.82, 2.24) is 0 Å². The second-order valence-electron chi connectivity index (χ2n) is 10.6. The van der Waals surface area contributed by atoms with Gasteiger partial charge in [0.15, 0.2) is 0 Å².